The first-order valence-corrected chi connectivity index (χ1v) is 7.10. The largest absolute Gasteiger partial charge is 0.340 e. The Morgan fingerprint density at radius 2 is 1.55 bits per heavy atom. The third-order valence-corrected chi connectivity index (χ3v) is 3.91. The maximum Gasteiger partial charge on any atom is 0.272 e. The molecule has 106 valence electrons. The predicted octanol–water partition coefficient (Wildman–Crippen LogP) is 2.98. The topological polar surface area (TPSA) is 54.9 Å². The van der Waals surface area contributed by atoms with Crippen molar-refractivity contribution in [3.8, 4) is 11.1 Å². The molecular formula is C18H13N3O. The van der Waals surface area contributed by atoms with Gasteiger partial charge in [0.15, 0.2) is 0 Å². The lowest BCUT2D eigenvalue weighted by molar-refractivity contribution is 0.0938. The fourth-order valence-electron chi connectivity index (χ4n) is 2.93. The number of fused-ring (bicyclic) bond motifs is 3. The van der Waals surface area contributed by atoms with Gasteiger partial charge in [0.05, 0.1) is 12.2 Å². The van der Waals surface area contributed by atoms with Crippen molar-refractivity contribution in [2.24, 2.45) is 0 Å². The highest BCUT2D eigenvalue weighted by Crippen LogP contribution is 2.42. The Hall–Kier alpha value is -3.01. The Morgan fingerprint density at radius 3 is 2.14 bits per heavy atom. The van der Waals surface area contributed by atoms with E-state index >= 15 is 0 Å². The zero-order valence-corrected chi connectivity index (χ0v) is 11.7. The van der Waals surface area contributed by atoms with Gasteiger partial charge < -0.3 is 5.32 Å². The minimum absolute atomic E-state index is 0.151. The number of hydrogen-bond donors (Lipinski definition) is 1. The molecule has 3 aromatic rings. The molecule has 0 saturated carbocycles. The number of nitrogens with one attached hydrogen (secondary N) is 1. The maximum atomic E-state index is 12.4. The number of amides is 1. The minimum atomic E-state index is -0.218. The first-order valence-electron chi connectivity index (χ1n) is 7.10. The summed E-state index contributed by atoms with van der Waals surface area (Å²) in [5, 5.41) is 3.07. The molecule has 2 aromatic carbocycles. The molecule has 1 aliphatic rings. The van der Waals surface area contributed by atoms with Crippen molar-refractivity contribution in [1.82, 2.24) is 15.3 Å². The zero-order chi connectivity index (χ0) is 14.9. The molecule has 1 aliphatic carbocycles. The molecule has 0 bridgehead atoms. The smallest absolute Gasteiger partial charge is 0.272 e. The Labute approximate surface area is 127 Å². The van der Waals surface area contributed by atoms with Crippen molar-refractivity contribution in [3.05, 3.63) is 83.9 Å². The van der Waals surface area contributed by atoms with Crippen LogP contribution in [0.25, 0.3) is 11.1 Å². The molecule has 0 saturated heterocycles. The molecule has 1 N–H and O–H groups in total. The zero-order valence-electron chi connectivity index (χ0n) is 11.7. The summed E-state index contributed by atoms with van der Waals surface area (Å²) in [6.45, 7) is 0. The van der Waals surface area contributed by atoms with Crippen molar-refractivity contribution >= 4 is 5.91 Å². The second-order valence-electron chi connectivity index (χ2n) is 5.17. The SMILES string of the molecule is O=C(NC1c2ccccc2-c2ccccc21)c1cnccn1. The van der Waals surface area contributed by atoms with Gasteiger partial charge in [0.25, 0.3) is 5.91 Å². The summed E-state index contributed by atoms with van der Waals surface area (Å²) in [4.78, 5) is 20.4. The van der Waals surface area contributed by atoms with E-state index in [2.05, 4.69) is 39.6 Å². The van der Waals surface area contributed by atoms with Gasteiger partial charge >= 0.3 is 0 Å². The normalized spacial score (nSPS) is 12.5. The van der Waals surface area contributed by atoms with Gasteiger partial charge in [-0.15, -0.1) is 0 Å². The van der Waals surface area contributed by atoms with Crippen LogP contribution in [0.1, 0.15) is 27.7 Å². The van der Waals surface area contributed by atoms with Crippen LogP contribution in [0.5, 0.6) is 0 Å². The van der Waals surface area contributed by atoms with E-state index in [4.69, 9.17) is 0 Å². The van der Waals surface area contributed by atoms with E-state index in [-0.39, 0.29) is 11.9 Å². The Kier molecular flexibility index (Phi) is 2.93. The molecule has 0 atom stereocenters. The summed E-state index contributed by atoms with van der Waals surface area (Å²) in [5.41, 5.74) is 4.89. The van der Waals surface area contributed by atoms with Crippen molar-refractivity contribution < 1.29 is 4.79 Å². The van der Waals surface area contributed by atoms with E-state index in [0.717, 1.165) is 11.1 Å². The van der Waals surface area contributed by atoms with Crippen LogP contribution in [0.2, 0.25) is 0 Å². The summed E-state index contributed by atoms with van der Waals surface area (Å²) in [6.07, 6.45) is 4.55. The number of carbonyl (C=O) groups excluding carboxylic acids is 1. The van der Waals surface area contributed by atoms with Gasteiger partial charge in [0.1, 0.15) is 5.69 Å². The van der Waals surface area contributed by atoms with E-state index in [1.165, 1.54) is 23.5 Å². The standard InChI is InChI=1S/C18H13N3O/c22-18(16-11-19-9-10-20-16)21-17-14-7-3-1-5-12(14)13-6-2-4-8-15(13)17/h1-11,17H,(H,21,22). The monoisotopic (exact) mass is 287 g/mol. The average molecular weight is 287 g/mol. The fourth-order valence-corrected chi connectivity index (χ4v) is 2.93. The quantitative estimate of drug-likeness (QED) is 0.788. The van der Waals surface area contributed by atoms with E-state index < -0.39 is 0 Å². The summed E-state index contributed by atoms with van der Waals surface area (Å²) < 4.78 is 0. The molecule has 1 aromatic heterocycles. The first-order chi connectivity index (χ1) is 10.8. The average Bonchev–Trinajstić information content (AvgIpc) is 2.90. The van der Waals surface area contributed by atoms with Gasteiger partial charge in [0, 0.05) is 12.4 Å². The van der Waals surface area contributed by atoms with E-state index in [0.29, 0.717) is 5.69 Å². The van der Waals surface area contributed by atoms with E-state index in [9.17, 15) is 4.79 Å². The van der Waals surface area contributed by atoms with Crippen molar-refractivity contribution in [2.45, 2.75) is 6.04 Å². The second kappa shape index (κ2) is 5.07. The van der Waals surface area contributed by atoms with Gasteiger partial charge in [-0.05, 0) is 22.3 Å². The second-order valence-corrected chi connectivity index (χ2v) is 5.17. The lowest BCUT2D eigenvalue weighted by Gasteiger charge is -2.15. The molecule has 0 aliphatic heterocycles. The van der Waals surface area contributed by atoms with Gasteiger partial charge in [-0.3, -0.25) is 9.78 Å². The highest BCUT2D eigenvalue weighted by molar-refractivity contribution is 5.93. The van der Waals surface area contributed by atoms with Crippen LogP contribution < -0.4 is 5.32 Å². The van der Waals surface area contributed by atoms with Crippen molar-refractivity contribution in [2.75, 3.05) is 0 Å². The van der Waals surface area contributed by atoms with E-state index in [1.807, 2.05) is 24.3 Å². The maximum absolute atomic E-state index is 12.4. The van der Waals surface area contributed by atoms with Crippen LogP contribution >= 0.6 is 0 Å². The number of hydrogen-bond acceptors (Lipinski definition) is 3. The van der Waals surface area contributed by atoms with Crippen LogP contribution in [-0.2, 0) is 0 Å². The Bertz CT molecular complexity index is 800. The summed E-state index contributed by atoms with van der Waals surface area (Å²) >= 11 is 0. The highest BCUT2D eigenvalue weighted by atomic mass is 16.1. The van der Waals surface area contributed by atoms with Crippen LogP contribution in [0.3, 0.4) is 0 Å². The number of carbonyl (C=O) groups is 1. The first kappa shape index (κ1) is 12.7. The fraction of sp³-hybridized carbons (Fsp3) is 0.0556. The Balaban J connectivity index is 1.74. The molecule has 1 amide bonds. The third kappa shape index (κ3) is 1.97. The number of aromatic nitrogens is 2. The Morgan fingerprint density at radius 1 is 0.909 bits per heavy atom. The molecule has 0 radical (unpaired) electrons. The number of nitrogens with zero attached hydrogens (tertiary/aromatic N) is 2. The van der Waals surface area contributed by atoms with Gasteiger partial charge in [0.2, 0.25) is 0 Å². The predicted molar refractivity (Wildman–Crippen MR) is 83.2 cm³/mol. The molecule has 4 rings (SSSR count). The molecule has 22 heavy (non-hydrogen) atoms. The molecule has 4 nitrogen and oxygen atoms in total. The van der Waals surface area contributed by atoms with E-state index in [1.54, 1.807) is 6.20 Å². The lowest BCUT2D eigenvalue weighted by Crippen LogP contribution is -2.28. The van der Waals surface area contributed by atoms with Crippen LogP contribution in [0, 0.1) is 0 Å². The van der Waals surface area contributed by atoms with Crippen LogP contribution in [-0.4, -0.2) is 15.9 Å². The van der Waals surface area contributed by atoms with Crippen molar-refractivity contribution in [1.29, 1.82) is 0 Å². The van der Waals surface area contributed by atoms with Gasteiger partial charge in [-0.2, -0.15) is 0 Å². The highest BCUT2D eigenvalue weighted by Gasteiger charge is 2.29. The lowest BCUT2D eigenvalue weighted by atomic mass is 10.1. The molecular weight excluding hydrogens is 274 g/mol. The summed E-state index contributed by atoms with van der Waals surface area (Å²) in [5.74, 6) is -0.218. The molecule has 0 unspecified atom stereocenters. The molecule has 1 heterocycles. The van der Waals surface area contributed by atoms with Gasteiger partial charge in [-0.1, -0.05) is 48.5 Å². The minimum Gasteiger partial charge on any atom is -0.340 e. The summed E-state index contributed by atoms with van der Waals surface area (Å²) in [6, 6.07) is 16.1. The van der Waals surface area contributed by atoms with Crippen molar-refractivity contribution in [3.63, 3.8) is 0 Å². The third-order valence-electron chi connectivity index (χ3n) is 3.91. The van der Waals surface area contributed by atoms with Gasteiger partial charge in [-0.25, -0.2) is 4.98 Å². The molecule has 0 spiro atoms. The van der Waals surface area contributed by atoms with Crippen LogP contribution in [0.15, 0.2) is 67.1 Å². The number of rotatable bonds is 2. The number of benzene rings is 2. The molecule has 0 fully saturated rings. The van der Waals surface area contributed by atoms with Crippen LogP contribution in [0.4, 0.5) is 0 Å². The summed E-state index contributed by atoms with van der Waals surface area (Å²) in [7, 11) is 0. The molecule has 4 heteroatoms.